The number of pyridine rings is 2. The molecule has 0 radical (unpaired) electrons. The Bertz CT molecular complexity index is 1490. The summed E-state index contributed by atoms with van der Waals surface area (Å²) in [6, 6.07) is 11.5. The number of nitrogens with one attached hydrogen (secondary N) is 1. The average Bonchev–Trinajstić information content (AvgIpc) is 3.45. The highest BCUT2D eigenvalue weighted by atomic mass is 16.5. The number of aromatic amines is 1. The number of nitrogens with zero attached hydrogens (tertiary/aromatic N) is 6. The van der Waals surface area contributed by atoms with E-state index in [9.17, 15) is 10.5 Å². The normalized spacial score (nSPS) is 17.5. The van der Waals surface area contributed by atoms with Gasteiger partial charge in [-0.05, 0) is 37.1 Å². The van der Waals surface area contributed by atoms with E-state index in [4.69, 9.17) is 10.5 Å². The van der Waals surface area contributed by atoms with Gasteiger partial charge in [0.05, 0.1) is 29.5 Å². The van der Waals surface area contributed by atoms with Gasteiger partial charge in [-0.25, -0.2) is 9.97 Å². The Kier molecular flexibility index (Phi) is 5.12. The number of nitrogens with two attached hydrogens (primary N) is 1. The molecule has 1 aliphatic rings. The fourth-order valence-corrected chi connectivity index (χ4v) is 4.45. The molecule has 9 heteroatoms. The number of benzene rings is 1. The van der Waals surface area contributed by atoms with Crippen LogP contribution in [0.25, 0.3) is 33.7 Å². The standard InChI is InChI=1S/C25H22N8O/c1-25(28)6-8-33(14-25)22-18(15-3-4-20(34-2)17(9-15)11-27)12-29-13-19(22)23-31-21-16(10-26)5-7-30-24(21)32-23/h3-5,7,9,12-13H,6,8,14,28H2,1-2H3,(H,30,31,32)/t25-/m0/s1. The highest BCUT2D eigenvalue weighted by molar-refractivity contribution is 5.91. The van der Waals surface area contributed by atoms with Crippen LogP contribution in [-0.2, 0) is 0 Å². The maximum atomic E-state index is 9.61. The molecule has 0 amide bonds. The average molecular weight is 451 g/mol. The van der Waals surface area contributed by atoms with Gasteiger partial charge in [-0.15, -0.1) is 0 Å². The number of anilines is 1. The van der Waals surface area contributed by atoms with E-state index in [1.807, 2.05) is 13.0 Å². The van der Waals surface area contributed by atoms with E-state index < -0.39 is 0 Å². The van der Waals surface area contributed by atoms with Gasteiger partial charge in [-0.2, -0.15) is 10.5 Å². The van der Waals surface area contributed by atoms with Gasteiger partial charge in [0, 0.05) is 42.8 Å². The zero-order valence-electron chi connectivity index (χ0n) is 18.8. The summed E-state index contributed by atoms with van der Waals surface area (Å²) in [6.45, 7) is 3.46. The number of aromatic nitrogens is 4. The van der Waals surface area contributed by atoms with Crippen molar-refractivity contribution in [2.45, 2.75) is 18.9 Å². The molecule has 4 heterocycles. The number of hydrogen-bond acceptors (Lipinski definition) is 8. The van der Waals surface area contributed by atoms with Crippen molar-refractivity contribution in [2.75, 3.05) is 25.1 Å². The van der Waals surface area contributed by atoms with Crippen molar-refractivity contribution in [3.05, 3.63) is 54.0 Å². The van der Waals surface area contributed by atoms with Crippen molar-refractivity contribution >= 4 is 16.9 Å². The Morgan fingerprint density at radius 3 is 2.65 bits per heavy atom. The van der Waals surface area contributed by atoms with Crippen molar-refractivity contribution < 1.29 is 4.74 Å². The van der Waals surface area contributed by atoms with Crippen LogP contribution in [0, 0.1) is 22.7 Å². The van der Waals surface area contributed by atoms with E-state index in [0.29, 0.717) is 40.4 Å². The molecule has 4 aromatic rings. The second-order valence-corrected chi connectivity index (χ2v) is 8.69. The lowest BCUT2D eigenvalue weighted by atomic mass is 9.99. The second-order valence-electron chi connectivity index (χ2n) is 8.69. The minimum Gasteiger partial charge on any atom is -0.495 e. The molecule has 168 valence electrons. The van der Waals surface area contributed by atoms with Crippen molar-refractivity contribution in [1.82, 2.24) is 19.9 Å². The van der Waals surface area contributed by atoms with Crippen LogP contribution in [0.1, 0.15) is 24.5 Å². The minimum atomic E-state index is -0.334. The smallest absolute Gasteiger partial charge is 0.179 e. The minimum absolute atomic E-state index is 0.334. The third-order valence-electron chi connectivity index (χ3n) is 6.14. The third-order valence-corrected chi connectivity index (χ3v) is 6.14. The number of H-pyrrole nitrogens is 1. The monoisotopic (exact) mass is 450 g/mol. The Balaban J connectivity index is 1.74. The molecule has 0 saturated carbocycles. The van der Waals surface area contributed by atoms with Crippen molar-refractivity contribution in [2.24, 2.45) is 5.73 Å². The molecule has 1 aliphatic heterocycles. The first-order valence-corrected chi connectivity index (χ1v) is 10.8. The molecule has 9 nitrogen and oxygen atoms in total. The lowest BCUT2D eigenvalue weighted by molar-refractivity contribution is 0.413. The zero-order chi connectivity index (χ0) is 23.9. The summed E-state index contributed by atoms with van der Waals surface area (Å²) < 4.78 is 5.32. The van der Waals surface area contributed by atoms with Crippen LogP contribution in [-0.4, -0.2) is 45.7 Å². The van der Waals surface area contributed by atoms with Crippen LogP contribution >= 0.6 is 0 Å². The van der Waals surface area contributed by atoms with Gasteiger partial charge < -0.3 is 20.4 Å². The molecule has 3 aromatic heterocycles. The summed E-state index contributed by atoms with van der Waals surface area (Å²) in [7, 11) is 1.54. The fourth-order valence-electron chi connectivity index (χ4n) is 4.45. The maximum Gasteiger partial charge on any atom is 0.179 e. The van der Waals surface area contributed by atoms with E-state index in [1.54, 1.807) is 43.9 Å². The number of nitriles is 2. The van der Waals surface area contributed by atoms with E-state index in [2.05, 4.69) is 37.0 Å². The van der Waals surface area contributed by atoms with E-state index >= 15 is 0 Å². The number of rotatable bonds is 4. The number of fused-ring (bicyclic) bond motifs is 1. The summed E-state index contributed by atoms with van der Waals surface area (Å²) in [5, 5.41) is 19.1. The molecule has 1 fully saturated rings. The molecule has 0 unspecified atom stereocenters. The van der Waals surface area contributed by atoms with Crippen LogP contribution in [0.3, 0.4) is 0 Å². The number of methoxy groups -OCH3 is 1. The summed E-state index contributed by atoms with van der Waals surface area (Å²) >= 11 is 0. The first-order chi connectivity index (χ1) is 16.4. The SMILES string of the molecule is COc1ccc(-c2cncc(-c3nc4nccc(C#N)c4[nH]3)c2N2CC[C@](C)(N)C2)cc1C#N. The van der Waals surface area contributed by atoms with Gasteiger partial charge in [-0.1, -0.05) is 6.07 Å². The van der Waals surface area contributed by atoms with Crippen molar-refractivity contribution in [1.29, 1.82) is 10.5 Å². The largest absolute Gasteiger partial charge is 0.495 e. The summed E-state index contributed by atoms with van der Waals surface area (Å²) in [6.07, 6.45) is 5.95. The Labute approximate surface area is 196 Å². The predicted octanol–water partition coefficient (Wildman–Crippen LogP) is 3.37. The highest BCUT2D eigenvalue weighted by Gasteiger charge is 2.33. The molecule has 1 saturated heterocycles. The molecular formula is C25H22N8O. The van der Waals surface area contributed by atoms with E-state index in [-0.39, 0.29) is 5.54 Å². The van der Waals surface area contributed by atoms with Crippen LogP contribution in [0.4, 0.5) is 5.69 Å². The van der Waals surface area contributed by atoms with Crippen LogP contribution in [0.5, 0.6) is 5.75 Å². The Hall–Kier alpha value is -4.47. The summed E-state index contributed by atoms with van der Waals surface area (Å²) in [5.41, 5.74) is 11.5. The number of ether oxygens (including phenoxy) is 1. The summed E-state index contributed by atoms with van der Waals surface area (Å²) in [5.74, 6) is 1.08. The van der Waals surface area contributed by atoms with E-state index in [0.717, 1.165) is 35.3 Å². The molecule has 0 spiro atoms. The van der Waals surface area contributed by atoms with Gasteiger partial charge in [0.1, 0.15) is 29.2 Å². The summed E-state index contributed by atoms with van der Waals surface area (Å²) in [4.78, 5) is 19.0. The molecule has 0 aliphatic carbocycles. The number of hydrogen-bond donors (Lipinski definition) is 2. The van der Waals surface area contributed by atoms with E-state index in [1.165, 1.54) is 0 Å². The lowest BCUT2D eigenvalue weighted by Gasteiger charge is -2.26. The fraction of sp³-hybridized carbons (Fsp3) is 0.240. The molecular weight excluding hydrogens is 428 g/mol. The van der Waals surface area contributed by atoms with Gasteiger partial charge in [0.15, 0.2) is 5.65 Å². The molecule has 3 N–H and O–H groups in total. The lowest BCUT2D eigenvalue weighted by Crippen LogP contribution is -2.39. The zero-order valence-corrected chi connectivity index (χ0v) is 18.8. The van der Waals surface area contributed by atoms with Gasteiger partial charge >= 0.3 is 0 Å². The molecule has 1 atom stereocenters. The molecule has 5 rings (SSSR count). The van der Waals surface area contributed by atoms with Crippen LogP contribution < -0.4 is 15.4 Å². The van der Waals surface area contributed by atoms with Crippen LogP contribution in [0.2, 0.25) is 0 Å². The van der Waals surface area contributed by atoms with Gasteiger partial charge in [0.25, 0.3) is 0 Å². The topological polar surface area (TPSA) is 141 Å². The Morgan fingerprint density at radius 2 is 1.94 bits per heavy atom. The van der Waals surface area contributed by atoms with Crippen LogP contribution in [0.15, 0.2) is 42.9 Å². The first-order valence-electron chi connectivity index (χ1n) is 10.8. The predicted molar refractivity (Wildman–Crippen MR) is 128 cm³/mol. The van der Waals surface area contributed by atoms with Crippen molar-refractivity contribution in [3.63, 3.8) is 0 Å². The van der Waals surface area contributed by atoms with Crippen molar-refractivity contribution in [3.8, 4) is 40.4 Å². The van der Waals surface area contributed by atoms with Gasteiger partial charge in [-0.3, -0.25) is 4.98 Å². The number of imidazole rings is 1. The third kappa shape index (κ3) is 3.58. The second kappa shape index (κ2) is 8.14. The quantitative estimate of drug-likeness (QED) is 0.482. The van der Waals surface area contributed by atoms with Gasteiger partial charge in [0.2, 0.25) is 0 Å². The molecule has 1 aromatic carbocycles. The highest BCUT2D eigenvalue weighted by Crippen LogP contribution is 2.41. The first kappa shape index (κ1) is 21.4. The Morgan fingerprint density at radius 1 is 1.15 bits per heavy atom. The molecule has 0 bridgehead atoms. The maximum absolute atomic E-state index is 9.61. The molecule has 34 heavy (non-hydrogen) atoms.